The lowest BCUT2D eigenvalue weighted by Gasteiger charge is -2.06. The molecule has 0 aliphatic carbocycles. The number of unbranched alkanes of at least 4 members (excludes halogenated alkanes) is 1. The zero-order chi connectivity index (χ0) is 19.2. The Labute approximate surface area is 157 Å². The first-order valence-electron chi connectivity index (χ1n) is 9.34. The van der Waals surface area contributed by atoms with E-state index in [1.165, 1.54) is 16.5 Å². The van der Waals surface area contributed by atoms with Crippen LogP contribution >= 0.6 is 0 Å². The van der Waals surface area contributed by atoms with E-state index in [1.807, 2.05) is 24.3 Å². The van der Waals surface area contributed by atoms with Crippen molar-refractivity contribution < 1.29 is 9.32 Å². The minimum absolute atomic E-state index is 0.0790. The number of rotatable bonds is 8. The quantitative estimate of drug-likeness (QED) is 0.618. The Balaban J connectivity index is 1.78. The van der Waals surface area contributed by atoms with Crippen LogP contribution in [0.2, 0.25) is 0 Å². The fraction of sp³-hybridized carbons (Fsp3) is 0.400. The van der Waals surface area contributed by atoms with Gasteiger partial charge in [0.25, 0.3) is 11.1 Å². The molecule has 1 amide bonds. The zero-order valence-electron chi connectivity index (χ0n) is 15.7. The smallest absolute Gasteiger partial charge is 0.299 e. The molecule has 7 nitrogen and oxygen atoms in total. The first kappa shape index (κ1) is 18.8. The van der Waals surface area contributed by atoms with Gasteiger partial charge in [-0.3, -0.25) is 14.2 Å². The molecule has 27 heavy (non-hydrogen) atoms. The number of aryl methyl sites for hydroxylation is 2. The lowest BCUT2D eigenvalue weighted by atomic mass is 10.1. The third kappa shape index (κ3) is 4.24. The Morgan fingerprint density at radius 2 is 2.00 bits per heavy atom. The summed E-state index contributed by atoms with van der Waals surface area (Å²) >= 11 is 0. The maximum Gasteiger partial charge on any atom is 0.299 e. The Morgan fingerprint density at radius 1 is 1.22 bits per heavy atom. The molecule has 7 heteroatoms. The minimum Gasteiger partial charge on any atom is -0.356 e. The number of carbonyl (C=O) groups excluding carboxylic acids is 1. The molecule has 2 heterocycles. The van der Waals surface area contributed by atoms with Crippen LogP contribution in [-0.4, -0.2) is 27.2 Å². The number of benzene rings is 1. The van der Waals surface area contributed by atoms with Crippen LogP contribution in [0, 0.1) is 0 Å². The molecular weight excluding hydrogens is 344 g/mol. The number of nitrogens with one attached hydrogen (secondary N) is 1. The summed E-state index contributed by atoms with van der Waals surface area (Å²) in [5, 5.41) is 6.87. The third-order valence-electron chi connectivity index (χ3n) is 4.52. The number of hydrogen-bond acceptors (Lipinski definition) is 5. The van der Waals surface area contributed by atoms with Gasteiger partial charge < -0.3 is 9.84 Å². The monoisotopic (exact) mass is 368 g/mol. The van der Waals surface area contributed by atoms with E-state index in [1.54, 1.807) is 0 Å². The summed E-state index contributed by atoms with van der Waals surface area (Å²) < 4.78 is 6.66. The van der Waals surface area contributed by atoms with E-state index in [9.17, 15) is 9.59 Å². The summed E-state index contributed by atoms with van der Waals surface area (Å²) in [6.07, 6.45) is 4.59. The number of amides is 1. The summed E-state index contributed by atoms with van der Waals surface area (Å²) in [5.41, 5.74) is 2.84. The van der Waals surface area contributed by atoms with Gasteiger partial charge in [-0.15, -0.1) is 0 Å². The molecule has 2 aromatic heterocycles. The molecule has 0 aliphatic heterocycles. The number of carbonyl (C=O) groups is 1. The van der Waals surface area contributed by atoms with Crippen LogP contribution in [0.15, 0.2) is 39.9 Å². The van der Waals surface area contributed by atoms with Crippen molar-refractivity contribution in [1.82, 2.24) is 20.0 Å². The van der Waals surface area contributed by atoms with Gasteiger partial charge in [-0.1, -0.05) is 49.7 Å². The highest BCUT2D eigenvalue weighted by Gasteiger charge is 2.16. The number of nitrogens with zero attached hydrogens (tertiary/aromatic N) is 3. The molecule has 0 saturated heterocycles. The van der Waals surface area contributed by atoms with Gasteiger partial charge in [0.15, 0.2) is 0 Å². The molecule has 0 saturated carbocycles. The fourth-order valence-corrected chi connectivity index (χ4v) is 2.82. The van der Waals surface area contributed by atoms with Crippen LogP contribution in [0.4, 0.5) is 0 Å². The van der Waals surface area contributed by atoms with Crippen molar-refractivity contribution in [2.75, 3.05) is 6.54 Å². The third-order valence-corrected chi connectivity index (χ3v) is 4.52. The van der Waals surface area contributed by atoms with Crippen LogP contribution in [0.25, 0.3) is 22.4 Å². The Hall–Kier alpha value is -2.96. The lowest BCUT2D eigenvalue weighted by Crippen LogP contribution is -2.28. The Kier molecular flexibility index (Phi) is 6.01. The molecule has 142 valence electrons. The number of aromatic nitrogens is 3. The van der Waals surface area contributed by atoms with E-state index < -0.39 is 0 Å². The molecule has 0 fully saturated rings. The molecule has 0 spiro atoms. The summed E-state index contributed by atoms with van der Waals surface area (Å²) in [7, 11) is 0. The zero-order valence-corrected chi connectivity index (χ0v) is 15.7. The van der Waals surface area contributed by atoms with Crippen molar-refractivity contribution in [2.24, 2.45) is 0 Å². The predicted molar refractivity (Wildman–Crippen MR) is 103 cm³/mol. The molecule has 0 bridgehead atoms. The normalized spacial score (nSPS) is 11.0. The average Bonchev–Trinajstić information content (AvgIpc) is 3.12. The van der Waals surface area contributed by atoms with Gasteiger partial charge in [-0.25, -0.2) is 4.98 Å². The first-order chi connectivity index (χ1) is 13.1. The summed E-state index contributed by atoms with van der Waals surface area (Å²) in [6.45, 7) is 5.07. The molecule has 0 radical (unpaired) electrons. The maximum atomic E-state index is 12.6. The van der Waals surface area contributed by atoms with Crippen LogP contribution in [0.3, 0.4) is 0 Å². The second-order valence-corrected chi connectivity index (χ2v) is 6.46. The van der Waals surface area contributed by atoms with Crippen LogP contribution in [-0.2, 0) is 17.8 Å². The largest absolute Gasteiger partial charge is 0.356 e. The summed E-state index contributed by atoms with van der Waals surface area (Å²) in [6, 6.07) is 7.94. The lowest BCUT2D eigenvalue weighted by molar-refractivity contribution is -0.121. The van der Waals surface area contributed by atoms with Crippen molar-refractivity contribution in [2.45, 2.75) is 46.1 Å². The summed E-state index contributed by atoms with van der Waals surface area (Å²) in [5.74, 6) is -0.0790. The van der Waals surface area contributed by atoms with Gasteiger partial charge in [0.2, 0.25) is 5.91 Å². The van der Waals surface area contributed by atoms with Gasteiger partial charge in [0.05, 0.1) is 6.33 Å². The summed E-state index contributed by atoms with van der Waals surface area (Å²) in [4.78, 5) is 28.8. The second-order valence-electron chi connectivity index (χ2n) is 6.46. The first-order valence-corrected chi connectivity index (χ1v) is 9.34. The van der Waals surface area contributed by atoms with E-state index in [0.29, 0.717) is 17.8 Å². The van der Waals surface area contributed by atoms with Gasteiger partial charge >= 0.3 is 0 Å². The molecule has 3 aromatic rings. The SMILES string of the molecule is CCCCNC(=O)CCn1cnc2c(-c3ccc(CC)cc3)noc2c1=O. The van der Waals surface area contributed by atoms with Crippen molar-refractivity contribution in [3.05, 3.63) is 46.5 Å². The molecule has 0 atom stereocenters. The van der Waals surface area contributed by atoms with E-state index in [-0.39, 0.29) is 30.0 Å². The maximum absolute atomic E-state index is 12.6. The van der Waals surface area contributed by atoms with E-state index >= 15 is 0 Å². The molecule has 0 unspecified atom stereocenters. The van der Waals surface area contributed by atoms with E-state index in [2.05, 4.69) is 29.3 Å². The average molecular weight is 368 g/mol. The number of hydrogen-bond donors (Lipinski definition) is 1. The van der Waals surface area contributed by atoms with Crippen molar-refractivity contribution in [3.63, 3.8) is 0 Å². The molecule has 1 aromatic carbocycles. The highest BCUT2D eigenvalue weighted by atomic mass is 16.5. The highest BCUT2D eigenvalue weighted by molar-refractivity contribution is 5.87. The molecule has 1 N–H and O–H groups in total. The van der Waals surface area contributed by atoms with Gasteiger partial charge in [-0.2, -0.15) is 0 Å². The van der Waals surface area contributed by atoms with Crippen molar-refractivity contribution >= 4 is 17.0 Å². The van der Waals surface area contributed by atoms with E-state index in [0.717, 1.165) is 24.8 Å². The standard InChI is InChI=1S/C20H24N4O3/c1-3-5-11-21-16(25)10-12-24-13-22-18-17(23-27-19(18)20(24)26)15-8-6-14(4-2)7-9-15/h6-9,13H,3-5,10-12H2,1-2H3,(H,21,25). The van der Waals surface area contributed by atoms with Gasteiger partial charge in [0, 0.05) is 25.1 Å². The van der Waals surface area contributed by atoms with Gasteiger partial charge in [0.1, 0.15) is 11.2 Å². The van der Waals surface area contributed by atoms with Crippen LogP contribution in [0.5, 0.6) is 0 Å². The second kappa shape index (κ2) is 8.62. The van der Waals surface area contributed by atoms with E-state index in [4.69, 9.17) is 4.52 Å². The Bertz CT molecular complexity index is 973. The van der Waals surface area contributed by atoms with Gasteiger partial charge in [-0.05, 0) is 18.4 Å². The predicted octanol–water partition coefficient (Wildman–Crippen LogP) is 2.92. The topological polar surface area (TPSA) is 90.0 Å². The van der Waals surface area contributed by atoms with Crippen molar-refractivity contribution in [1.29, 1.82) is 0 Å². The highest BCUT2D eigenvalue weighted by Crippen LogP contribution is 2.24. The fourth-order valence-electron chi connectivity index (χ4n) is 2.82. The van der Waals surface area contributed by atoms with Crippen molar-refractivity contribution in [3.8, 4) is 11.3 Å². The number of fused-ring (bicyclic) bond motifs is 1. The molecule has 0 aliphatic rings. The van der Waals surface area contributed by atoms with Crippen LogP contribution in [0.1, 0.15) is 38.7 Å². The van der Waals surface area contributed by atoms with Crippen LogP contribution < -0.4 is 10.9 Å². The molecule has 3 rings (SSSR count). The Morgan fingerprint density at radius 3 is 2.70 bits per heavy atom. The minimum atomic E-state index is -0.328. The molecular formula is C20H24N4O3.